The van der Waals surface area contributed by atoms with E-state index in [4.69, 9.17) is 0 Å². The summed E-state index contributed by atoms with van der Waals surface area (Å²) in [7, 11) is 0. The van der Waals surface area contributed by atoms with Crippen molar-refractivity contribution >= 4 is 5.78 Å². The molecule has 6 unspecified atom stereocenters. The number of carbonyl (C=O) groups excluding carboxylic acids is 1. The van der Waals surface area contributed by atoms with E-state index in [1.165, 1.54) is 31.2 Å². The quantitative estimate of drug-likeness (QED) is 0.367. The number of hydrogen-bond acceptors (Lipinski definition) is 1. The Morgan fingerprint density at radius 3 is 1.54 bits per heavy atom. The third-order valence-corrected chi connectivity index (χ3v) is 9.88. The van der Waals surface area contributed by atoms with Crippen molar-refractivity contribution in [2.45, 2.75) is 85.5 Å². The van der Waals surface area contributed by atoms with E-state index in [2.05, 4.69) is 96.1 Å². The molecule has 0 bridgehead atoms. The summed E-state index contributed by atoms with van der Waals surface area (Å²) >= 11 is 0. The normalized spacial score (nSPS) is 31.3. The summed E-state index contributed by atoms with van der Waals surface area (Å²) in [5, 5.41) is 0. The van der Waals surface area contributed by atoms with Gasteiger partial charge in [-0.3, -0.25) is 4.79 Å². The third kappa shape index (κ3) is 5.03. The lowest BCUT2D eigenvalue weighted by molar-refractivity contribution is -0.0106. The van der Waals surface area contributed by atoms with E-state index in [0.29, 0.717) is 53.1 Å². The monoisotopic (exact) mass is 472 g/mol. The molecular formula is C34H48O. The molecule has 2 aliphatic carbocycles. The van der Waals surface area contributed by atoms with E-state index < -0.39 is 5.41 Å². The van der Waals surface area contributed by atoms with E-state index in [1.54, 1.807) is 0 Å². The van der Waals surface area contributed by atoms with E-state index in [1.807, 2.05) is 6.07 Å². The fourth-order valence-corrected chi connectivity index (χ4v) is 8.16. The van der Waals surface area contributed by atoms with Gasteiger partial charge in [0.1, 0.15) is 0 Å². The molecule has 1 heteroatoms. The van der Waals surface area contributed by atoms with Crippen molar-refractivity contribution < 1.29 is 4.79 Å². The van der Waals surface area contributed by atoms with Crippen molar-refractivity contribution in [2.75, 3.05) is 0 Å². The molecule has 2 aliphatic rings. The average Bonchev–Trinajstić information content (AvgIpc) is 2.85. The van der Waals surface area contributed by atoms with Gasteiger partial charge in [-0.15, -0.1) is 0 Å². The Hall–Kier alpha value is -1.89. The molecule has 0 heterocycles. The maximum Gasteiger partial charge on any atom is 0.173 e. The number of Topliss-reactive ketones (excluding diaryl/α,β-unsaturated/α-hetero) is 1. The summed E-state index contributed by atoms with van der Waals surface area (Å²) in [5.41, 5.74) is 1.71. The van der Waals surface area contributed by atoms with Crippen molar-refractivity contribution in [1.82, 2.24) is 0 Å². The molecule has 0 N–H and O–H groups in total. The number of carbonyl (C=O) groups is 1. The van der Waals surface area contributed by atoms with Crippen LogP contribution in [0.2, 0.25) is 0 Å². The van der Waals surface area contributed by atoms with Gasteiger partial charge in [-0.1, -0.05) is 115 Å². The van der Waals surface area contributed by atoms with Crippen LogP contribution in [-0.4, -0.2) is 5.78 Å². The van der Waals surface area contributed by atoms with Crippen LogP contribution in [0.4, 0.5) is 0 Å². The Kier molecular flexibility index (Phi) is 8.24. The maximum atomic E-state index is 15.2. The minimum Gasteiger partial charge on any atom is -0.293 e. The molecule has 0 saturated heterocycles. The van der Waals surface area contributed by atoms with Gasteiger partial charge in [0.2, 0.25) is 0 Å². The van der Waals surface area contributed by atoms with E-state index in [-0.39, 0.29) is 0 Å². The van der Waals surface area contributed by atoms with Crippen LogP contribution in [0.3, 0.4) is 0 Å². The van der Waals surface area contributed by atoms with Gasteiger partial charge in [-0.25, -0.2) is 0 Å². The molecular weight excluding hydrogens is 424 g/mol. The van der Waals surface area contributed by atoms with E-state index >= 15 is 4.79 Å². The van der Waals surface area contributed by atoms with Crippen molar-refractivity contribution in [3.05, 3.63) is 71.8 Å². The van der Waals surface area contributed by atoms with Gasteiger partial charge >= 0.3 is 0 Å². The minimum atomic E-state index is -0.476. The second-order valence-electron chi connectivity index (χ2n) is 12.8. The fourth-order valence-electron chi connectivity index (χ4n) is 8.16. The molecule has 2 fully saturated rings. The molecule has 4 rings (SSSR count). The predicted molar refractivity (Wildman–Crippen MR) is 149 cm³/mol. The van der Waals surface area contributed by atoms with Gasteiger partial charge < -0.3 is 0 Å². The summed E-state index contributed by atoms with van der Waals surface area (Å²) in [5.74, 6) is 4.78. The first kappa shape index (κ1) is 26.2. The Bertz CT molecular complexity index is 911. The van der Waals surface area contributed by atoms with Crippen molar-refractivity contribution in [2.24, 2.45) is 47.3 Å². The van der Waals surface area contributed by atoms with Gasteiger partial charge in [0.05, 0.1) is 5.41 Å². The van der Waals surface area contributed by atoms with Gasteiger partial charge in [0.25, 0.3) is 0 Å². The highest BCUT2D eigenvalue weighted by molar-refractivity contribution is 6.04. The molecule has 1 nitrogen and oxygen atoms in total. The van der Waals surface area contributed by atoms with Gasteiger partial charge in [0.15, 0.2) is 5.78 Å². The standard InChI is InChI=1S/C34H48O/c1-23(2)29-19-17-25(5)21-31(29)34(28-15-11-8-12-16-28,33(35)27-13-9-7-10-14-27)32-22-26(6)18-20-30(32)24(3)4/h7-16,23-26,29-32H,17-22H2,1-6H3. The summed E-state index contributed by atoms with van der Waals surface area (Å²) in [6.45, 7) is 14.5. The highest BCUT2D eigenvalue weighted by Crippen LogP contribution is 2.59. The molecule has 0 aliphatic heterocycles. The molecule has 0 radical (unpaired) electrons. The first-order valence-corrected chi connectivity index (χ1v) is 14.4. The smallest absolute Gasteiger partial charge is 0.173 e. The van der Waals surface area contributed by atoms with Crippen LogP contribution in [0, 0.1) is 47.3 Å². The van der Waals surface area contributed by atoms with Gasteiger partial charge in [-0.2, -0.15) is 0 Å². The summed E-state index contributed by atoms with van der Waals surface area (Å²) < 4.78 is 0. The lowest BCUT2D eigenvalue weighted by Gasteiger charge is -2.56. The van der Waals surface area contributed by atoms with Crippen molar-refractivity contribution in [1.29, 1.82) is 0 Å². The number of rotatable bonds is 7. The largest absolute Gasteiger partial charge is 0.293 e. The molecule has 2 saturated carbocycles. The van der Waals surface area contributed by atoms with Crippen LogP contribution in [0.15, 0.2) is 60.7 Å². The van der Waals surface area contributed by atoms with Crippen LogP contribution in [-0.2, 0) is 5.41 Å². The highest BCUT2D eigenvalue weighted by Gasteiger charge is 2.58. The topological polar surface area (TPSA) is 17.1 Å². The van der Waals surface area contributed by atoms with E-state index in [0.717, 1.165) is 18.4 Å². The summed E-state index contributed by atoms with van der Waals surface area (Å²) in [6.07, 6.45) is 7.39. The van der Waals surface area contributed by atoms with Gasteiger partial charge in [-0.05, 0) is 78.6 Å². The average molecular weight is 473 g/mol. The molecule has 2 aromatic rings. The molecule has 6 atom stereocenters. The second kappa shape index (κ2) is 11.0. The Morgan fingerprint density at radius 1 is 0.686 bits per heavy atom. The van der Waals surface area contributed by atoms with Crippen molar-refractivity contribution in [3.8, 4) is 0 Å². The van der Waals surface area contributed by atoms with Crippen LogP contribution in [0.25, 0.3) is 0 Å². The molecule has 2 aromatic carbocycles. The summed E-state index contributed by atoms with van der Waals surface area (Å²) in [6, 6.07) is 21.4. The lowest BCUT2D eigenvalue weighted by Crippen LogP contribution is -2.57. The maximum absolute atomic E-state index is 15.2. The first-order valence-electron chi connectivity index (χ1n) is 14.4. The lowest BCUT2D eigenvalue weighted by atomic mass is 9.46. The predicted octanol–water partition coefficient (Wildman–Crippen LogP) is 9.22. The Labute approximate surface area is 215 Å². The third-order valence-electron chi connectivity index (χ3n) is 9.88. The van der Waals surface area contributed by atoms with E-state index in [9.17, 15) is 0 Å². The zero-order valence-electron chi connectivity index (χ0n) is 23.0. The number of hydrogen-bond donors (Lipinski definition) is 0. The fraction of sp³-hybridized carbons (Fsp3) is 0.618. The summed E-state index contributed by atoms with van der Waals surface area (Å²) in [4.78, 5) is 15.2. The van der Waals surface area contributed by atoms with Crippen LogP contribution in [0.1, 0.15) is 96.0 Å². The first-order chi connectivity index (χ1) is 16.8. The number of ketones is 1. The highest BCUT2D eigenvalue weighted by atomic mass is 16.1. The zero-order valence-corrected chi connectivity index (χ0v) is 23.0. The van der Waals surface area contributed by atoms with Crippen LogP contribution < -0.4 is 0 Å². The SMILES string of the molecule is CC1CCC(C(C)C)C(C(C(=O)c2ccccc2)(c2ccccc2)C2CC(C)CCC2C(C)C)C1. The Morgan fingerprint density at radius 2 is 1.11 bits per heavy atom. The molecule has 0 spiro atoms. The molecule has 190 valence electrons. The Balaban J connectivity index is 2.03. The molecule has 0 amide bonds. The number of benzene rings is 2. The molecule has 35 heavy (non-hydrogen) atoms. The second-order valence-corrected chi connectivity index (χ2v) is 12.8. The van der Waals surface area contributed by atoms with Crippen LogP contribution >= 0.6 is 0 Å². The van der Waals surface area contributed by atoms with Crippen LogP contribution in [0.5, 0.6) is 0 Å². The van der Waals surface area contributed by atoms with Gasteiger partial charge in [0, 0.05) is 5.56 Å². The van der Waals surface area contributed by atoms with Crippen molar-refractivity contribution in [3.63, 3.8) is 0 Å². The minimum absolute atomic E-state index is 0.373. The zero-order chi connectivity index (χ0) is 25.2. The molecule has 0 aromatic heterocycles.